The molecule has 0 radical (unpaired) electrons. The smallest absolute Gasteiger partial charge is 0.410 e. The predicted octanol–water partition coefficient (Wildman–Crippen LogP) is 2.19. The Morgan fingerprint density at radius 3 is 2.17 bits per heavy atom. The molecule has 1 aliphatic heterocycles. The number of hydrogen-bond acceptors (Lipinski definition) is 5. The Kier molecular flexibility index (Phi) is 5.79. The van der Waals surface area contributed by atoms with E-state index >= 15 is 0 Å². The summed E-state index contributed by atoms with van der Waals surface area (Å²) in [6.07, 6.45) is 0.257. The number of rotatable bonds is 4. The Labute approximate surface area is 140 Å². The fourth-order valence-corrected chi connectivity index (χ4v) is 4.76. The molecule has 0 spiro atoms. The first-order valence-electron chi connectivity index (χ1n) is 8.10. The summed E-state index contributed by atoms with van der Waals surface area (Å²) in [6.45, 7) is 14.3. The van der Waals surface area contributed by atoms with Crippen LogP contribution in [0.1, 0.15) is 54.9 Å². The average Bonchev–Trinajstić information content (AvgIpc) is 2.55. The molecular formula is C16H32N2O4S. The van der Waals surface area contributed by atoms with Gasteiger partial charge in [-0.15, -0.1) is 0 Å². The molecule has 1 atom stereocenters. The van der Waals surface area contributed by atoms with Crippen molar-refractivity contribution in [2.45, 2.75) is 71.6 Å². The first kappa shape index (κ1) is 20.2. The van der Waals surface area contributed by atoms with Crippen LogP contribution in [-0.2, 0) is 14.6 Å². The van der Waals surface area contributed by atoms with Crippen molar-refractivity contribution in [2.75, 3.05) is 24.6 Å². The minimum atomic E-state index is -2.94. The third-order valence-corrected chi connectivity index (χ3v) is 5.72. The molecule has 1 saturated heterocycles. The monoisotopic (exact) mass is 348 g/mol. The van der Waals surface area contributed by atoms with Gasteiger partial charge in [0, 0.05) is 24.2 Å². The Hall–Kier alpha value is -0.820. The van der Waals surface area contributed by atoms with Crippen molar-refractivity contribution in [3.05, 3.63) is 0 Å². The van der Waals surface area contributed by atoms with Crippen molar-refractivity contribution in [2.24, 2.45) is 0 Å². The second-order valence-corrected chi connectivity index (χ2v) is 10.8. The summed E-state index contributed by atoms with van der Waals surface area (Å²) in [4.78, 5) is 14.1. The van der Waals surface area contributed by atoms with Gasteiger partial charge in [0.2, 0.25) is 0 Å². The second-order valence-electron chi connectivity index (χ2n) is 8.63. The van der Waals surface area contributed by atoms with Crippen molar-refractivity contribution < 1.29 is 17.9 Å². The number of nitrogens with zero attached hydrogens (tertiary/aromatic N) is 1. The fourth-order valence-electron chi connectivity index (χ4n) is 2.64. The zero-order valence-corrected chi connectivity index (χ0v) is 16.3. The number of carbonyl (C=O) groups excluding carboxylic acids is 1. The van der Waals surface area contributed by atoms with Gasteiger partial charge in [-0.3, -0.25) is 0 Å². The van der Waals surface area contributed by atoms with E-state index in [0.717, 1.165) is 0 Å². The van der Waals surface area contributed by atoms with Gasteiger partial charge in [0.05, 0.1) is 11.5 Å². The van der Waals surface area contributed by atoms with E-state index in [4.69, 9.17) is 4.74 Å². The van der Waals surface area contributed by atoms with Gasteiger partial charge in [0.25, 0.3) is 0 Å². The lowest BCUT2D eigenvalue weighted by molar-refractivity contribution is 0.00620. The van der Waals surface area contributed by atoms with E-state index in [1.807, 2.05) is 48.5 Å². The van der Waals surface area contributed by atoms with Crippen LogP contribution in [0, 0.1) is 0 Å². The van der Waals surface area contributed by atoms with Crippen LogP contribution in [0.4, 0.5) is 4.79 Å². The molecule has 1 aliphatic rings. The number of carbonyl (C=O) groups is 1. The van der Waals surface area contributed by atoms with E-state index < -0.39 is 21.0 Å². The molecule has 0 aromatic heterocycles. The summed E-state index contributed by atoms with van der Waals surface area (Å²) < 4.78 is 28.8. The van der Waals surface area contributed by atoms with Gasteiger partial charge in [-0.25, -0.2) is 13.2 Å². The molecule has 1 heterocycles. The van der Waals surface area contributed by atoms with Crippen LogP contribution < -0.4 is 5.32 Å². The lowest BCUT2D eigenvalue weighted by atomic mass is 10.0. The Bertz CT molecular complexity index is 531. The van der Waals surface area contributed by atoms with Crippen LogP contribution in [0.3, 0.4) is 0 Å². The van der Waals surface area contributed by atoms with E-state index in [0.29, 0.717) is 19.5 Å². The molecule has 0 aromatic carbocycles. The molecule has 7 heteroatoms. The molecule has 0 saturated carbocycles. The summed E-state index contributed by atoms with van der Waals surface area (Å²) in [5, 5.41) is 3.31. The molecule has 1 amide bonds. The van der Waals surface area contributed by atoms with E-state index in [2.05, 4.69) is 5.32 Å². The van der Waals surface area contributed by atoms with Crippen molar-refractivity contribution in [1.82, 2.24) is 10.2 Å². The maximum absolute atomic E-state index is 12.4. The molecule has 1 unspecified atom stereocenters. The number of nitrogens with one attached hydrogen (secondary N) is 1. The van der Waals surface area contributed by atoms with Crippen LogP contribution in [0.2, 0.25) is 0 Å². The van der Waals surface area contributed by atoms with Crippen LogP contribution in [0.5, 0.6) is 0 Å². The minimum Gasteiger partial charge on any atom is -0.444 e. The van der Waals surface area contributed by atoms with Gasteiger partial charge < -0.3 is 15.0 Å². The summed E-state index contributed by atoms with van der Waals surface area (Å²) >= 11 is 0. The summed E-state index contributed by atoms with van der Waals surface area (Å²) in [6, 6.07) is 0. The van der Waals surface area contributed by atoms with Gasteiger partial charge >= 0.3 is 6.09 Å². The maximum Gasteiger partial charge on any atom is 0.410 e. The van der Waals surface area contributed by atoms with Crippen LogP contribution in [0.25, 0.3) is 0 Å². The van der Waals surface area contributed by atoms with E-state index in [9.17, 15) is 13.2 Å². The first-order valence-corrected chi connectivity index (χ1v) is 9.92. The van der Waals surface area contributed by atoms with E-state index in [1.165, 1.54) is 0 Å². The largest absolute Gasteiger partial charge is 0.444 e. The first-order chi connectivity index (χ1) is 10.1. The standard InChI is InChI=1S/C16H32N2O4S/c1-14(2,3)18(13(19)22-15(4,5)6)10-9-17-16(7)8-11-23(20,21)12-16/h17H,8-12H2,1-7H3. The lowest BCUT2D eigenvalue weighted by Gasteiger charge is -2.37. The Morgan fingerprint density at radius 2 is 1.78 bits per heavy atom. The molecule has 0 aromatic rings. The third-order valence-electron chi connectivity index (χ3n) is 3.81. The molecule has 136 valence electrons. The van der Waals surface area contributed by atoms with Gasteiger partial charge in [-0.1, -0.05) is 0 Å². The molecule has 6 nitrogen and oxygen atoms in total. The van der Waals surface area contributed by atoms with Crippen LogP contribution in [-0.4, -0.2) is 60.7 Å². The van der Waals surface area contributed by atoms with Gasteiger partial charge in [-0.05, 0) is 54.9 Å². The maximum atomic E-state index is 12.4. The Morgan fingerprint density at radius 1 is 1.22 bits per heavy atom. The van der Waals surface area contributed by atoms with Gasteiger partial charge in [-0.2, -0.15) is 0 Å². The highest BCUT2D eigenvalue weighted by Crippen LogP contribution is 2.23. The van der Waals surface area contributed by atoms with E-state index in [-0.39, 0.29) is 23.1 Å². The molecule has 1 fully saturated rings. The summed E-state index contributed by atoms with van der Waals surface area (Å²) in [5.41, 5.74) is -1.32. The molecule has 1 N–H and O–H groups in total. The highest BCUT2D eigenvalue weighted by Gasteiger charge is 2.38. The van der Waals surface area contributed by atoms with Crippen LogP contribution >= 0.6 is 0 Å². The van der Waals surface area contributed by atoms with E-state index in [1.54, 1.807) is 4.90 Å². The number of amides is 1. The molecule has 0 aliphatic carbocycles. The van der Waals surface area contributed by atoms with Crippen molar-refractivity contribution in [3.8, 4) is 0 Å². The lowest BCUT2D eigenvalue weighted by Crippen LogP contribution is -2.53. The van der Waals surface area contributed by atoms with Crippen molar-refractivity contribution in [1.29, 1.82) is 0 Å². The molecular weight excluding hydrogens is 316 g/mol. The molecule has 23 heavy (non-hydrogen) atoms. The number of sulfone groups is 1. The third kappa shape index (κ3) is 6.67. The van der Waals surface area contributed by atoms with Gasteiger partial charge in [0.15, 0.2) is 9.84 Å². The zero-order chi connectivity index (χ0) is 18.1. The van der Waals surface area contributed by atoms with Crippen molar-refractivity contribution >= 4 is 15.9 Å². The Balaban J connectivity index is 2.64. The fraction of sp³-hybridized carbons (Fsp3) is 0.938. The average molecular weight is 349 g/mol. The topological polar surface area (TPSA) is 75.7 Å². The minimum absolute atomic E-state index is 0.155. The number of hydrogen-bond donors (Lipinski definition) is 1. The molecule has 1 rings (SSSR count). The number of ether oxygens (including phenoxy) is 1. The van der Waals surface area contributed by atoms with Crippen LogP contribution in [0.15, 0.2) is 0 Å². The normalized spacial score (nSPS) is 24.5. The quantitative estimate of drug-likeness (QED) is 0.843. The summed E-state index contributed by atoms with van der Waals surface area (Å²) in [7, 11) is -2.94. The highest BCUT2D eigenvalue weighted by atomic mass is 32.2. The van der Waals surface area contributed by atoms with Gasteiger partial charge in [0.1, 0.15) is 5.60 Å². The summed E-state index contributed by atoms with van der Waals surface area (Å²) in [5.74, 6) is 0.382. The SMILES string of the molecule is CC1(NCCN(C(=O)OC(C)(C)C)C(C)(C)C)CCS(=O)(=O)C1. The van der Waals surface area contributed by atoms with Crippen molar-refractivity contribution in [3.63, 3.8) is 0 Å². The zero-order valence-electron chi connectivity index (χ0n) is 15.5. The molecule has 0 bridgehead atoms. The second kappa shape index (κ2) is 6.59. The highest BCUT2D eigenvalue weighted by molar-refractivity contribution is 7.91. The predicted molar refractivity (Wildman–Crippen MR) is 92.4 cm³/mol.